The van der Waals surface area contributed by atoms with E-state index in [1.807, 2.05) is 14.1 Å². The van der Waals surface area contributed by atoms with Crippen LogP contribution < -0.4 is 10.6 Å². The average Bonchev–Trinajstić information content (AvgIpc) is 2.26. The molecule has 4 heteroatoms. The van der Waals surface area contributed by atoms with Gasteiger partial charge in [0.25, 0.3) is 0 Å². The molecule has 2 N–H and O–H groups in total. The van der Waals surface area contributed by atoms with E-state index >= 15 is 0 Å². The first-order valence-corrected chi connectivity index (χ1v) is 6.77. The highest BCUT2D eigenvalue weighted by Gasteiger charge is 2.27. The van der Waals surface area contributed by atoms with Crippen LogP contribution in [0.2, 0.25) is 0 Å². The van der Waals surface area contributed by atoms with Crippen LogP contribution in [0.15, 0.2) is 0 Å². The van der Waals surface area contributed by atoms with Gasteiger partial charge in [-0.05, 0) is 45.0 Å². The number of rotatable bonds is 8. The predicted octanol–water partition coefficient (Wildman–Crippen LogP) is 1.83. The molecule has 92 valence electrons. The lowest BCUT2D eigenvalue weighted by molar-refractivity contribution is 0.272. The highest BCUT2D eigenvalue weighted by molar-refractivity contribution is 7.80. The van der Waals surface area contributed by atoms with E-state index in [1.165, 1.54) is 0 Å². The molecular weight excluding hydrogens is 224 g/mol. The molecule has 0 saturated heterocycles. The largest absolute Gasteiger partial charge is 0.319 e. The summed E-state index contributed by atoms with van der Waals surface area (Å²) < 4.78 is 0. The zero-order chi connectivity index (χ0) is 11.9. The molecule has 2 atom stereocenters. The minimum Gasteiger partial charge on any atom is -0.319 e. The van der Waals surface area contributed by atoms with Crippen molar-refractivity contribution in [3.05, 3.63) is 0 Å². The molecule has 0 rings (SSSR count). The summed E-state index contributed by atoms with van der Waals surface area (Å²) in [6, 6.07) is 0. The molecule has 0 radical (unpaired) electrons. The van der Waals surface area contributed by atoms with Crippen molar-refractivity contribution in [2.75, 3.05) is 32.1 Å². The molecule has 2 nitrogen and oxygen atoms in total. The molecule has 0 saturated carbocycles. The molecule has 0 aliphatic heterocycles. The topological polar surface area (TPSA) is 24.1 Å². The van der Waals surface area contributed by atoms with Gasteiger partial charge in [-0.2, -0.15) is 25.3 Å². The minimum absolute atomic E-state index is 0.140. The van der Waals surface area contributed by atoms with E-state index in [4.69, 9.17) is 0 Å². The average molecular weight is 250 g/mol. The summed E-state index contributed by atoms with van der Waals surface area (Å²) in [5.41, 5.74) is 0.417. The van der Waals surface area contributed by atoms with E-state index in [9.17, 15) is 0 Å². The molecule has 15 heavy (non-hydrogen) atoms. The van der Waals surface area contributed by atoms with Crippen LogP contribution in [0.4, 0.5) is 0 Å². The Kier molecular flexibility index (Phi) is 7.34. The van der Waals surface area contributed by atoms with Gasteiger partial charge in [0.1, 0.15) is 0 Å². The van der Waals surface area contributed by atoms with Crippen LogP contribution in [0.3, 0.4) is 0 Å². The lowest BCUT2D eigenvalue weighted by Crippen LogP contribution is -2.44. The number of hydrogen-bond donors (Lipinski definition) is 4. The first kappa shape index (κ1) is 15.6. The minimum atomic E-state index is 0.140. The molecule has 0 aromatic carbocycles. The van der Waals surface area contributed by atoms with E-state index < -0.39 is 0 Å². The van der Waals surface area contributed by atoms with Crippen LogP contribution in [0, 0.1) is 5.41 Å². The van der Waals surface area contributed by atoms with Crippen LogP contribution in [0.25, 0.3) is 0 Å². The number of nitrogens with one attached hydrogen (secondary N) is 2. The van der Waals surface area contributed by atoms with Crippen molar-refractivity contribution in [1.29, 1.82) is 0 Å². The monoisotopic (exact) mass is 250 g/mol. The van der Waals surface area contributed by atoms with Crippen molar-refractivity contribution in [1.82, 2.24) is 10.6 Å². The fraction of sp³-hybridized carbons (Fsp3) is 1.00. The summed E-state index contributed by atoms with van der Waals surface area (Å²) in [5.74, 6) is 1.78. The lowest BCUT2D eigenvalue weighted by atomic mass is 9.82. The summed E-state index contributed by atoms with van der Waals surface area (Å²) in [7, 11) is 4.00. The molecular formula is C11H26N2S2. The van der Waals surface area contributed by atoms with Crippen LogP contribution in [-0.2, 0) is 0 Å². The maximum Gasteiger partial charge on any atom is 0.0238 e. The third-order valence-electron chi connectivity index (χ3n) is 3.22. The Hall–Kier alpha value is 0.620. The van der Waals surface area contributed by atoms with Crippen molar-refractivity contribution in [2.45, 2.75) is 32.2 Å². The normalized spacial score (nSPS) is 19.6. The van der Waals surface area contributed by atoms with E-state index in [2.05, 4.69) is 49.7 Å². The maximum atomic E-state index is 4.44. The molecule has 0 bridgehead atoms. The van der Waals surface area contributed by atoms with Crippen molar-refractivity contribution in [3.63, 3.8) is 0 Å². The van der Waals surface area contributed by atoms with Crippen LogP contribution in [0.1, 0.15) is 26.7 Å². The summed E-state index contributed by atoms with van der Waals surface area (Å²) in [4.78, 5) is 0. The second-order valence-corrected chi connectivity index (χ2v) is 5.60. The molecule has 0 spiro atoms. The summed E-state index contributed by atoms with van der Waals surface area (Å²) in [6.45, 7) is 5.52. The Labute approximate surface area is 106 Å². The van der Waals surface area contributed by atoms with Gasteiger partial charge >= 0.3 is 0 Å². The zero-order valence-corrected chi connectivity index (χ0v) is 12.2. The van der Waals surface area contributed by atoms with Crippen molar-refractivity contribution < 1.29 is 0 Å². The summed E-state index contributed by atoms with van der Waals surface area (Å²) in [6.07, 6.45) is 2.29. The standard InChI is InChI=1S/C11H26N2S2/c1-10(8-14,7-12-3)5-6-11(2,9-15)13-4/h12-15H,5-9H2,1-4H3/t10-,11-/m0/s1. The van der Waals surface area contributed by atoms with Crippen LogP contribution in [0.5, 0.6) is 0 Å². The summed E-state index contributed by atoms with van der Waals surface area (Å²) in [5, 5.41) is 6.59. The van der Waals surface area contributed by atoms with E-state index in [-0.39, 0.29) is 11.0 Å². The van der Waals surface area contributed by atoms with Gasteiger partial charge in [-0.25, -0.2) is 0 Å². The van der Waals surface area contributed by atoms with Crippen LogP contribution >= 0.6 is 25.3 Å². The highest BCUT2D eigenvalue weighted by Crippen LogP contribution is 2.28. The van der Waals surface area contributed by atoms with Crippen molar-refractivity contribution in [2.24, 2.45) is 5.41 Å². The van der Waals surface area contributed by atoms with Gasteiger partial charge < -0.3 is 10.6 Å². The Morgan fingerprint density at radius 1 is 1.00 bits per heavy atom. The quantitative estimate of drug-likeness (QED) is 0.494. The third-order valence-corrected chi connectivity index (χ3v) is 4.68. The Morgan fingerprint density at radius 3 is 1.93 bits per heavy atom. The molecule has 0 aliphatic carbocycles. The van der Waals surface area contributed by atoms with Gasteiger partial charge in [0.15, 0.2) is 0 Å². The Morgan fingerprint density at radius 2 is 1.60 bits per heavy atom. The van der Waals surface area contributed by atoms with Gasteiger partial charge in [0.2, 0.25) is 0 Å². The molecule has 0 heterocycles. The number of thiol groups is 2. The molecule has 0 aliphatic rings. The van der Waals surface area contributed by atoms with Gasteiger partial charge in [0, 0.05) is 17.8 Å². The first-order valence-electron chi connectivity index (χ1n) is 5.50. The first-order chi connectivity index (χ1) is 6.95. The second kappa shape index (κ2) is 7.05. The zero-order valence-electron chi connectivity index (χ0n) is 10.4. The smallest absolute Gasteiger partial charge is 0.0238 e. The Balaban J connectivity index is 4.20. The fourth-order valence-electron chi connectivity index (χ4n) is 1.51. The molecule has 0 amide bonds. The molecule has 0 fully saturated rings. The molecule has 0 aromatic rings. The fourth-order valence-corrected chi connectivity index (χ4v) is 2.10. The van der Waals surface area contributed by atoms with Gasteiger partial charge in [-0.15, -0.1) is 0 Å². The maximum absolute atomic E-state index is 4.44. The van der Waals surface area contributed by atoms with E-state index in [1.54, 1.807) is 0 Å². The molecule has 0 aromatic heterocycles. The van der Waals surface area contributed by atoms with E-state index in [0.29, 0.717) is 0 Å². The molecule has 0 unspecified atom stereocenters. The van der Waals surface area contributed by atoms with Crippen molar-refractivity contribution in [3.8, 4) is 0 Å². The lowest BCUT2D eigenvalue weighted by Gasteiger charge is -2.34. The third kappa shape index (κ3) is 5.48. The second-order valence-electron chi connectivity index (χ2n) is 4.97. The number of hydrogen-bond acceptors (Lipinski definition) is 4. The SMILES string of the molecule is CNC[C@@](C)(CS)CC[C@@](C)(CS)NC. The summed E-state index contributed by atoms with van der Waals surface area (Å²) >= 11 is 8.84. The van der Waals surface area contributed by atoms with Gasteiger partial charge in [-0.3, -0.25) is 0 Å². The van der Waals surface area contributed by atoms with Gasteiger partial charge in [-0.1, -0.05) is 6.92 Å². The highest BCUT2D eigenvalue weighted by atomic mass is 32.1. The van der Waals surface area contributed by atoms with Crippen LogP contribution in [-0.4, -0.2) is 37.7 Å². The van der Waals surface area contributed by atoms with Gasteiger partial charge in [0.05, 0.1) is 0 Å². The van der Waals surface area contributed by atoms with E-state index in [0.717, 1.165) is 30.9 Å². The Bertz CT molecular complexity index is 172. The van der Waals surface area contributed by atoms with Crippen molar-refractivity contribution >= 4 is 25.3 Å². The predicted molar refractivity (Wildman–Crippen MR) is 76.4 cm³/mol.